The van der Waals surface area contributed by atoms with Crippen LogP contribution in [0.1, 0.15) is 33.1 Å². The molecule has 1 aliphatic rings. The molecule has 4 heteroatoms. The molecule has 0 radical (unpaired) electrons. The molecule has 0 aromatic rings. The molecule has 88 valence electrons. The van der Waals surface area contributed by atoms with Gasteiger partial charge in [0.15, 0.2) is 0 Å². The topological polar surface area (TPSA) is 55.6 Å². The lowest BCUT2D eigenvalue weighted by molar-refractivity contribution is -0.123. The molecule has 1 saturated heterocycles. The third-order valence-electron chi connectivity index (χ3n) is 3.02. The summed E-state index contributed by atoms with van der Waals surface area (Å²) < 4.78 is 5.57. The average molecular weight is 214 g/mol. The molecular formula is C11H22N2O2. The van der Waals surface area contributed by atoms with Crippen molar-refractivity contribution in [2.45, 2.75) is 45.3 Å². The molecule has 4 nitrogen and oxygen atoms in total. The van der Waals surface area contributed by atoms with E-state index < -0.39 is 0 Å². The summed E-state index contributed by atoms with van der Waals surface area (Å²) in [5.41, 5.74) is 5.38. The Labute approximate surface area is 91.8 Å². The molecule has 15 heavy (non-hydrogen) atoms. The predicted molar refractivity (Wildman–Crippen MR) is 59.5 cm³/mol. The van der Waals surface area contributed by atoms with E-state index in [0.29, 0.717) is 6.10 Å². The Kier molecular flexibility index (Phi) is 5.05. The van der Waals surface area contributed by atoms with Crippen molar-refractivity contribution in [3.05, 3.63) is 0 Å². The van der Waals surface area contributed by atoms with Crippen molar-refractivity contribution in [1.82, 2.24) is 4.90 Å². The summed E-state index contributed by atoms with van der Waals surface area (Å²) in [4.78, 5) is 13.4. The molecule has 0 aromatic carbocycles. The third kappa shape index (κ3) is 3.47. The van der Waals surface area contributed by atoms with E-state index in [1.807, 2.05) is 6.92 Å². The van der Waals surface area contributed by atoms with E-state index in [2.05, 4.69) is 11.8 Å². The van der Waals surface area contributed by atoms with Crippen LogP contribution in [-0.4, -0.2) is 42.6 Å². The molecule has 2 atom stereocenters. The van der Waals surface area contributed by atoms with Gasteiger partial charge in [0.05, 0.1) is 12.1 Å². The van der Waals surface area contributed by atoms with Gasteiger partial charge in [0.2, 0.25) is 5.91 Å². The zero-order valence-electron chi connectivity index (χ0n) is 9.74. The molecule has 2 N–H and O–H groups in total. The van der Waals surface area contributed by atoms with Crippen LogP contribution in [0.25, 0.3) is 0 Å². The van der Waals surface area contributed by atoms with Crippen LogP contribution in [0.5, 0.6) is 0 Å². The standard InChI is InChI=1S/C11H22N2O2/c1-3-10(11(12)14)13(4-2)8-9-6-5-7-15-9/h9-10H,3-8H2,1-2H3,(H2,12,14). The van der Waals surface area contributed by atoms with Gasteiger partial charge in [-0.15, -0.1) is 0 Å². The first kappa shape index (κ1) is 12.5. The predicted octanol–water partition coefficient (Wildman–Crippen LogP) is 0.751. The van der Waals surface area contributed by atoms with Crippen LogP contribution in [-0.2, 0) is 9.53 Å². The Bertz CT molecular complexity index is 203. The number of hydrogen-bond acceptors (Lipinski definition) is 3. The minimum Gasteiger partial charge on any atom is -0.377 e. The number of hydrogen-bond donors (Lipinski definition) is 1. The van der Waals surface area contributed by atoms with E-state index in [1.54, 1.807) is 0 Å². The van der Waals surface area contributed by atoms with E-state index in [-0.39, 0.29) is 11.9 Å². The summed E-state index contributed by atoms with van der Waals surface area (Å²) in [5.74, 6) is -0.225. The van der Waals surface area contributed by atoms with Gasteiger partial charge in [-0.2, -0.15) is 0 Å². The maximum absolute atomic E-state index is 11.2. The van der Waals surface area contributed by atoms with Gasteiger partial charge in [-0.1, -0.05) is 13.8 Å². The highest BCUT2D eigenvalue weighted by molar-refractivity contribution is 5.79. The Hall–Kier alpha value is -0.610. The van der Waals surface area contributed by atoms with Crippen molar-refractivity contribution in [1.29, 1.82) is 0 Å². The molecule has 0 aromatic heterocycles. The molecule has 1 fully saturated rings. The van der Waals surface area contributed by atoms with Gasteiger partial charge in [-0.3, -0.25) is 9.69 Å². The molecule has 0 bridgehead atoms. The number of carbonyl (C=O) groups is 1. The van der Waals surface area contributed by atoms with Crippen LogP contribution >= 0.6 is 0 Å². The van der Waals surface area contributed by atoms with Crippen LogP contribution in [0.3, 0.4) is 0 Å². The van der Waals surface area contributed by atoms with Gasteiger partial charge in [-0.25, -0.2) is 0 Å². The molecule has 1 rings (SSSR count). The minimum atomic E-state index is -0.225. The van der Waals surface area contributed by atoms with Crippen molar-refractivity contribution in [3.63, 3.8) is 0 Å². The second-order valence-corrected chi connectivity index (χ2v) is 4.05. The van der Waals surface area contributed by atoms with E-state index in [9.17, 15) is 4.79 Å². The number of rotatable bonds is 6. The molecule has 2 unspecified atom stereocenters. The summed E-state index contributed by atoms with van der Waals surface area (Å²) in [6.45, 7) is 6.59. The van der Waals surface area contributed by atoms with Crippen LogP contribution in [0.2, 0.25) is 0 Å². The number of primary amides is 1. The van der Waals surface area contributed by atoms with E-state index >= 15 is 0 Å². The average Bonchev–Trinajstić information content (AvgIpc) is 2.69. The maximum Gasteiger partial charge on any atom is 0.234 e. The third-order valence-corrected chi connectivity index (χ3v) is 3.02. The number of likely N-dealkylation sites (N-methyl/N-ethyl adjacent to an activating group) is 1. The highest BCUT2D eigenvalue weighted by Gasteiger charge is 2.25. The number of amides is 1. The zero-order chi connectivity index (χ0) is 11.3. The van der Waals surface area contributed by atoms with Crippen LogP contribution in [0.4, 0.5) is 0 Å². The van der Waals surface area contributed by atoms with Crippen molar-refractivity contribution < 1.29 is 9.53 Å². The Balaban J connectivity index is 2.48. The lowest BCUT2D eigenvalue weighted by Crippen LogP contribution is -2.47. The Morgan fingerprint density at radius 3 is 2.73 bits per heavy atom. The highest BCUT2D eigenvalue weighted by Crippen LogP contribution is 2.15. The lowest BCUT2D eigenvalue weighted by Gasteiger charge is -2.29. The Morgan fingerprint density at radius 2 is 2.33 bits per heavy atom. The van der Waals surface area contributed by atoms with Crippen molar-refractivity contribution in [2.24, 2.45) is 5.73 Å². The number of carbonyl (C=O) groups excluding carboxylic acids is 1. The van der Waals surface area contributed by atoms with Crippen molar-refractivity contribution >= 4 is 5.91 Å². The summed E-state index contributed by atoms with van der Waals surface area (Å²) in [7, 11) is 0. The first-order valence-corrected chi connectivity index (χ1v) is 5.84. The molecule has 1 amide bonds. The molecule has 0 saturated carbocycles. The fourth-order valence-electron chi connectivity index (χ4n) is 2.17. The normalized spacial score (nSPS) is 23.3. The summed E-state index contributed by atoms with van der Waals surface area (Å²) in [6, 6.07) is -0.140. The van der Waals surface area contributed by atoms with Crippen LogP contribution < -0.4 is 5.73 Å². The SMILES string of the molecule is CCC(C(N)=O)N(CC)CC1CCCO1. The first-order chi connectivity index (χ1) is 7.19. The van der Waals surface area contributed by atoms with Gasteiger partial charge in [0, 0.05) is 13.2 Å². The van der Waals surface area contributed by atoms with Gasteiger partial charge in [0.25, 0.3) is 0 Å². The summed E-state index contributed by atoms with van der Waals surface area (Å²) in [6.07, 6.45) is 3.30. The monoisotopic (exact) mass is 214 g/mol. The zero-order valence-corrected chi connectivity index (χ0v) is 9.74. The highest BCUT2D eigenvalue weighted by atomic mass is 16.5. The molecule has 1 aliphatic heterocycles. The van der Waals surface area contributed by atoms with Gasteiger partial charge in [0.1, 0.15) is 0 Å². The Morgan fingerprint density at radius 1 is 1.60 bits per heavy atom. The van der Waals surface area contributed by atoms with E-state index in [1.165, 1.54) is 0 Å². The number of ether oxygens (including phenoxy) is 1. The number of nitrogens with zero attached hydrogens (tertiary/aromatic N) is 1. The quantitative estimate of drug-likeness (QED) is 0.710. The summed E-state index contributed by atoms with van der Waals surface area (Å²) in [5, 5.41) is 0. The van der Waals surface area contributed by atoms with Gasteiger partial charge < -0.3 is 10.5 Å². The maximum atomic E-state index is 11.2. The van der Waals surface area contributed by atoms with Crippen LogP contribution in [0, 0.1) is 0 Å². The number of nitrogens with two attached hydrogens (primary N) is 1. The fourth-order valence-corrected chi connectivity index (χ4v) is 2.17. The first-order valence-electron chi connectivity index (χ1n) is 5.84. The van der Waals surface area contributed by atoms with Crippen molar-refractivity contribution in [3.8, 4) is 0 Å². The van der Waals surface area contributed by atoms with Crippen molar-refractivity contribution in [2.75, 3.05) is 19.7 Å². The molecule has 1 heterocycles. The van der Waals surface area contributed by atoms with E-state index in [4.69, 9.17) is 10.5 Å². The fraction of sp³-hybridized carbons (Fsp3) is 0.909. The lowest BCUT2D eigenvalue weighted by atomic mass is 10.1. The molecule has 0 aliphatic carbocycles. The molecular weight excluding hydrogens is 192 g/mol. The smallest absolute Gasteiger partial charge is 0.234 e. The minimum absolute atomic E-state index is 0.140. The van der Waals surface area contributed by atoms with Crippen LogP contribution in [0.15, 0.2) is 0 Å². The van der Waals surface area contributed by atoms with Gasteiger partial charge in [-0.05, 0) is 25.8 Å². The van der Waals surface area contributed by atoms with Gasteiger partial charge >= 0.3 is 0 Å². The van der Waals surface area contributed by atoms with E-state index in [0.717, 1.165) is 39.0 Å². The molecule has 0 spiro atoms. The summed E-state index contributed by atoms with van der Waals surface area (Å²) >= 11 is 0. The largest absolute Gasteiger partial charge is 0.377 e. The second kappa shape index (κ2) is 6.08. The second-order valence-electron chi connectivity index (χ2n) is 4.05.